The fourth-order valence-electron chi connectivity index (χ4n) is 4.32. The van der Waals surface area contributed by atoms with Gasteiger partial charge >= 0.3 is 0 Å². The van der Waals surface area contributed by atoms with Crippen molar-refractivity contribution in [1.29, 1.82) is 0 Å². The van der Waals surface area contributed by atoms with E-state index < -0.39 is 0 Å². The molecule has 1 unspecified atom stereocenters. The van der Waals surface area contributed by atoms with Crippen LogP contribution in [0.5, 0.6) is 0 Å². The van der Waals surface area contributed by atoms with Crippen LogP contribution in [0.1, 0.15) is 45.1 Å². The van der Waals surface area contributed by atoms with Crippen LogP contribution in [0.4, 0.5) is 0 Å². The third-order valence-corrected chi connectivity index (χ3v) is 6.15. The van der Waals surface area contributed by atoms with Gasteiger partial charge in [-0.1, -0.05) is 36.8 Å². The summed E-state index contributed by atoms with van der Waals surface area (Å²) < 4.78 is 5.97. The van der Waals surface area contributed by atoms with Gasteiger partial charge in [-0.05, 0) is 51.8 Å². The molecule has 3 rings (SSSR count). The van der Waals surface area contributed by atoms with Crippen LogP contribution in [0.2, 0.25) is 0 Å². The van der Waals surface area contributed by atoms with E-state index in [-0.39, 0.29) is 5.54 Å². The number of piperidine rings is 1. The minimum absolute atomic E-state index is 0.161. The van der Waals surface area contributed by atoms with Crippen molar-refractivity contribution in [1.82, 2.24) is 15.1 Å². The molecule has 156 valence electrons. The van der Waals surface area contributed by atoms with Crippen molar-refractivity contribution in [3.05, 3.63) is 35.9 Å². The Morgan fingerprint density at radius 2 is 1.89 bits per heavy atom. The molecule has 0 aliphatic carbocycles. The minimum Gasteiger partial charge on any atom is -0.376 e. The molecule has 0 spiro atoms. The van der Waals surface area contributed by atoms with E-state index >= 15 is 0 Å². The predicted molar refractivity (Wildman–Crippen MR) is 117 cm³/mol. The minimum atomic E-state index is 0.161. The van der Waals surface area contributed by atoms with Crippen molar-refractivity contribution in [3.8, 4) is 0 Å². The summed E-state index contributed by atoms with van der Waals surface area (Å²) in [5, 5.41) is 3.64. The number of nitrogens with one attached hydrogen (secondary N) is 1. The number of aliphatic imine (C=N–C) groups is 1. The molecule has 0 bridgehead atoms. The summed E-state index contributed by atoms with van der Waals surface area (Å²) in [5.41, 5.74) is 1.41. The highest BCUT2D eigenvalue weighted by Gasteiger charge is 2.30. The Hall–Kier alpha value is -1.59. The molecule has 1 atom stereocenters. The molecular weight excluding hydrogens is 348 g/mol. The first kappa shape index (κ1) is 21.1. The van der Waals surface area contributed by atoms with Crippen LogP contribution in [0, 0.1) is 5.92 Å². The van der Waals surface area contributed by atoms with Gasteiger partial charge < -0.3 is 15.0 Å². The van der Waals surface area contributed by atoms with Gasteiger partial charge in [0.05, 0.1) is 13.2 Å². The van der Waals surface area contributed by atoms with Crippen LogP contribution in [0.3, 0.4) is 0 Å². The molecule has 0 radical (unpaired) electrons. The monoisotopic (exact) mass is 386 g/mol. The van der Waals surface area contributed by atoms with Crippen molar-refractivity contribution >= 4 is 5.96 Å². The standard InChI is InChI=1S/C23H38N4O/c1-23(2,27-13-8-5-9-14-27)19-25-22(24-3)26-15-12-21(16-26)18-28-17-20-10-6-4-7-11-20/h4,6-7,10-11,21H,5,8-9,12-19H2,1-3H3,(H,24,25). The zero-order valence-corrected chi connectivity index (χ0v) is 18.0. The van der Waals surface area contributed by atoms with Gasteiger partial charge in [0.25, 0.3) is 0 Å². The molecule has 2 fully saturated rings. The molecule has 0 aromatic heterocycles. The van der Waals surface area contributed by atoms with Gasteiger partial charge in [0.1, 0.15) is 0 Å². The molecule has 2 saturated heterocycles. The average Bonchev–Trinajstić information content (AvgIpc) is 3.18. The van der Waals surface area contributed by atoms with E-state index in [9.17, 15) is 0 Å². The molecule has 28 heavy (non-hydrogen) atoms. The van der Waals surface area contributed by atoms with Gasteiger partial charge in [-0.2, -0.15) is 0 Å². The molecule has 2 aliphatic heterocycles. The smallest absolute Gasteiger partial charge is 0.193 e. The lowest BCUT2D eigenvalue weighted by molar-refractivity contribution is 0.0902. The maximum absolute atomic E-state index is 5.97. The van der Waals surface area contributed by atoms with Gasteiger partial charge in [-0.3, -0.25) is 9.89 Å². The summed E-state index contributed by atoms with van der Waals surface area (Å²) in [6.07, 6.45) is 5.21. The molecule has 2 aliphatic rings. The summed E-state index contributed by atoms with van der Waals surface area (Å²) in [6.45, 7) is 11.7. The molecule has 5 heteroatoms. The van der Waals surface area contributed by atoms with Crippen molar-refractivity contribution < 1.29 is 4.74 Å². The van der Waals surface area contributed by atoms with Gasteiger partial charge in [0.2, 0.25) is 0 Å². The number of hydrogen-bond acceptors (Lipinski definition) is 3. The molecule has 5 nitrogen and oxygen atoms in total. The molecule has 1 aromatic rings. The van der Waals surface area contributed by atoms with E-state index in [0.717, 1.165) is 32.2 Å². The first-order chi connectivity index (χ1) is 13.6. The zero-order valence-electron chi connectivity index (χ0n) is 18.0. The highest BCUT2D eigenvalue weighted by atomic mass is 16.5. The van der Waals surface area contributed by atoms with Crippen molar-refractivity contribution in [2.75, 3.05) is 46.4 Å². The lowest BCUT2D eigenvalue weighted by atomic mass is 9.98. The van der Waals surface area contributed by atoms with Crippen molar-refractivity contribution in [2.24, 2.45) is 10.9 Å². The van der Waals surface area contributed by atoms with Crippen LogP contribution >= 0.6 is 0 Å². The van der Waals surface area contributed by atoms with E-state index in [1.807, 2.05) is 13.1 Å². The van der Waals surface area contributed by atoms with Gasteiger partial charge in [0.15, 0.2) is 5.96 Å². The van der Waals surface area contributed by atoms with Gasteiger partial charge in [-0.25, -0.2) is 0 Å². The largest absolute Gasteiger partial charge is 0.376 e. The molecule has 0 amide bonds. The van der Waals surface area contributed by atoms with E-state index in [1.165, 1.54) is 44.3 Å². The lowest BCUT2D eigenvalue weighted by Gasteiger charge is -2.41. The Kier molecular flexibility index (Phi) is 7.74. The van der Waals surface area contributed by atoms with Gasteiger partial charge in [-0.15, -0.1) is 0 Å². The maximum atomic E-state index is 5.97. The topological polar surface area (TPSA) is 40.1 Å². The normalized spacial score (nSPS) is 21.9. The third kappa shape index (κ3) is 5.95. The average molecular weight is 387 g/mol. The molecule has 0 saturated carbocycles. The van der Waals surface area contributed by atoms with E-state index in [4.69, 9.17) is 4.74 Å². The Morgan fingerprint density at radius 3 is 2.61 bits per heavy atom. The fraction of sp³-hybridized carbons (Fsp3) is 0.696. The highest BCUT2D eigenvalue weighted by Crippen LogP contribution is 2.21. The van der Waals surface area contributed by atoms with E-state index in [2.05, 4.69) is 58.2 Å². The van der Waals surface area contributed by atoms with Crippen LogP contribution in [0.15, 0.2) is 35.3 Å². The van der Waals surface area contributed by atoms with E-state index in [0.29, 0.717) is 12.5 Å². The quantitative estimate of drug-likeness (QED) is 0.576. The van der Waals surface area contributed by atoms with Crippen LogP contribution in [0.25, 0.3) is 0 Å². The molecule has 1 N–H and O–H groups in total. The second-order valence-corrected chi connectivity index (χ2v) is 8.86. The Bertz CT molecular complexity index is 610. The van der Waals surface area contributed by atoms with E-state index in [1.54, 1.807) is 0 Å². The number of ether oxygens (including phenoxy) is 1. The predicted octanol–water partition coefficient (Wildman–Crippen LogP) is 3.37. The SMILES string of the molecule is CN=C(NCC(C)(C)N1CCCCC1)N1CCC(COCc2ccccc2)C1. The summed E-state index contributed by atoms with van der Waals surface area (Å²) in [5.74, 6) is 1.62. The molecular formula is C23H38N4O. The molecule has 2 heterocycles. The second-order valence-electron chi connectivity index (χ2n) is 8.86. The lowest BCUT2D eigenvalue weighted by Crippen LogP contribution is -2.55. The summed E-state index contributed by atoms with van der Waals surface area (Å²) in [6, 6.07) is 10.4. The van der Waals surface area contributed by atoms with Crippen LogP contribution in [-0.4, -0.2) is 67.7 Å². The maximum Gasteiger partial charge on any atom is 0.193 e. The number of nitrogens with zero attached hydrogens (tertiary/aromatic N) is 3. The number of benzene rings is 1. The number of hydrogen-bond donors (Lipinski definition) is 1. The zero-order chi connectivity index (χ0) is 19.8. The summed E-state index contributed by atoms with van der Waals surface area (Å²) in [4.78, 5) is 9.57. The third-order valence-electron chi connectivity index (χ3n) is 6.15. The summed E-state index contributed by atoms with van der Waals surface area (Å²) >= 11 is 0. The Labute approximate surface area is 171 Å². The van der Waals surface area contributed by atoms with Crippen LogP contribution in [-0.2, 0) is 11.3 Å². The number of rotatable bonds is 7. The van der Waals surface area contributed by atoms with Crippen molar-refractivity contribution in [2.45, 2.75) is 51.7 Å². The van der Waals surface area contributed by atoms with Crippen molar-refractivity contribution in [3.63, 3.8) is 0 Å². The molecule has 1 aromatic carbocycles. The Morgan fingerprint density at radius 1 is 1.14 bits per heavy atom. The van der Waals surface area contributed by atoms with Crippen LogP contribution < -0.4 is 5.32 Å². The van der Waals surface area contributed by atoms with Gasteiger partial charge in [0, 0.05) is 38.1 Å². The fourth-order valence-corrected chi connectivity index (χ4v) is 4.32. The summed E-state index contributed by atoms with van der Waals surface area (Å²) in [7, 11) is 1.90. The highest BCUT2D eigenvalue weighted by molar-refractivity contribution is 5.80. The first-order valence-electron chi connectivity index (χ1n) is 10.9. The Balaban J connectivity index is 1.41. The second kappa shape index (κ2) is 10.3. The first-order valence-corrected chi connectivity index (χ1v) is 10.9. The number of likely N-dealkylation sites (tertiary alicyclic amines) is 2. The number of guanidine groups is 1.